The molecule has 0 aliphatic carbocycles. The van der Waals surface area contributed by atoms with Crippen LogP contribution in [0.2, 0.25) is 0 Å². The van der Waals surface area contributed by atoms with Gasteiger partial charge in [0.15, 0.2) is 21.5 Å². The lowest BCUT2D eigenvalue weighted by atomic mass is 9.97. The lowest BCUT2D eigenvalue weighted by molar-refractivity contribution is 0.493. The highest BCUT2D eigenvalue weighted by molar-refractivity contribution is 7.94. The van der Waals surface area contributed by atoms with Gasteiger partial charge in [-0.15, -0.1) is 10.2 Å². The van der Waals surface area contributed by atoms with Crippen LogP contribution in [0.5, 0.6) is 0 Å². The summed E-state index contributed by atoms with van der Waals surface area (Å²) in [5.74, 6) is -0.129. The highest BCUT2D eigenvalue weighted by Gasteiger charge is 2.39. The Morgan fingerprint density at radius 1 is 1.12 bits per heavy atom. The standard InChI is InChI=1S/C18H16N10O4S2/c1-21-8-4-11(15-12(5-8)23-18(19)24-15)10-2-3-13(33(29,30)9-6-22-7-9)16(34(20,31)32)14(10)17-25-27-28-26-17/h2-5,9,22H,6-7H2,(H3,19,23,24)(H2,20,31,32)(H,25,26,27,28). The quantitative estimate of drug-likeness (QED) is 0.230. The van der Waals surface area contributed by atoms with Gasteiger partial charge in [0, 0.05) is 13.1 Å². The number of sulfone groups is 1. The van der Waals surface area contributed by atoms with E-state index in [2.05, 4.69) is 40.8 Å². The van der Waals surface area contributed by atoms with E-state index in [1.807, 2.05) is 0 Å². The Kier molecular flexibility index (Phi) is 4.87. The fourth-order valence-electron chi connectivity index (χ4n) is 3.84. The van der Waals surface area contributed by atoms with E-state index in [4.69, 9.17) is 17.4 Å². The van der Waals surface area contributed by atoms with E-state index in [1.54, 1.807) is 0 Å². The average molecular weight is 501 g/mol. The molecule has 0 atom stereocenters. The van der Waals surface area contributed by atoms with E-state index in [0.717, 1.165) is 0 Å². The zero-order chi connectivity index (χ0) is 24.3. The Morgan fingerprint density at radius 3 is 2.47 bits per heavy atom. The van der Waals surface area contributed by atoms with Gasteiger partial charge < -0.3 is 16.0 Å². The van der Waals surface area contributed by atoms with Crippen molar-refractivity contribution in [3.8, 4) is 22.5 Å². The third-order valence-electron chi connectivity index (χ3n) is 5.47. The number of tetrazole rings is 1. The number of benzene rings is 2. The molecule has 5 rings (SSSR count). The molecule has 1 saturated heterocycles. The molecule has 7 N–H and O–H groups in total. The number of hydrogen-bond donors (Lipinski definition) is 5. The van der Waals surface area contributed by atoms with Crippen LogP contribution in [-0.4, -0.2) is 65.8 Å². The zero-order valence-corrected chi connectivity index (χ0v) is 18.8. The van der Waals surface area contributed by atoms with Crippen LogP contribution in [0.3, 0.4) is 0 Å². The molecule has 0 radical (unpaired) electrons. The molecule has 1 aliphatic rings. The first-order chi connectivity index (χ1) is 16.1. The molecule has 2 aromatic heterocycles. The lowest BCUT2D eigenvalue weighted by Crippen LogP contribution is -2.51. The Hall–Kier alpha value is -3.91. The number of primary sulfonamides is 1. The second-order valence-corrected chi connectivity index (χ2v) is 11.2. The summed E-state index contributed by atoms with van der Waals surface area (Å²) in [5.41, 5.74) is 7.07. The number of fused-ring (bicyclic) bond motifs is 1. The minimum atomic E-state index is -4.62. The zero-order valence-electron chi connectivity index (χ0n) is 17.1. The van der Waals surface area contributed by atoms with Crippen molar-refractivity contribution in [3.05, 3.63) is 35.7 Å². The van der Waals surface area contributed by atoms with Gasteiger partial charge in [-0.2, -0.15) is 5.21 Å². The molecule has 0 bridgehead atoms. The van der Waals surface area contributed by atoms with Crippen molar-refractivity contribution >= 4 is 42.5 Å². The van der Waals surface area contributed by atoms with Crippen LogP contribution in [-0.2, 0) is 19.9 Å². The number of nitrogens with two attached hydrogens (primary N) is 2. The maximum absolute atomic E-state index is 13.3. The Labute approximate surface area is 192 Å². The minimum absolute atomic E-state index is 0.0721. The summed E-state index contributed by atoms with van der Waals surface area (Å²) < 4.78 is 52.2. The third-order valence-corrected chi connectivity index (χ3v) is 8.76. The molecule has 34 heavy (non-hydrogen) atoms. The van der Waals surface area contributed by atoms with Gasteiger partial charge in [0.1, 0.15) is 4.90 Å². The van der Waals surface area contributed by atoms with Crippen molar-refractivity contribution in [2.24, 2.45) is 5.14 Å². The molecule has 0 amide bonds. The monoisotopic (exact) mass is 500 g/mol. The average Bonchev–Trinajstić information content (AvgIpc) is 3.38. The molecule has 0 spiro atoms. The molecule has 174 valence electrons. The summed E-state index contributed by atoms with van der Waals surface area (Å²) in [6.45, 7) is 7.77. The third kappa shape index (κ3) is 3.38. The van der Waals surface area contributed by atoms with Crippen molar-refractivity contribution in [2.45, 2.75) is 15.0 Å². The number of nitrogens with zero attached hydrogens (tertiary/aromatic N) is 5. The molecule has 1 aliphatic heterocycles. The van der Waals surface area contributed by atoms with Crippen LogP contribution >= 0.6 is 0 Å². The van der Waals surface area contributed by atoms with Gasteiger partial charge in [-0.1, -0.05) is 6.07 Å². The SMILES string of the molecule is [C-]#[N+]c1cc(-c2ccc(S(=O)(=O)C3CNC3)c(S(N)(=O)=O)c2-c2nn[nH]n2)c2nc(N)[nH]c2c1. The van der Waals surface area contributed by atoms with Crippen LogP contribution in [0.4, 0.5) is 11.6 Å². The Bertz CT molecular complexity index is 1700. The van der Waals surface area contributed by atoms with E-state index in [9.17, 15) is 16.8 Å². The lowest BCUT2D eigenvalue weighted by Gasteiger charge is -2.28. The maximum Gasteiger partial charge on any atom is 0.240 e. The molecule has 2 aromatic carbocycles. The first-order valence-corrected chi connectivity index (χ1v) is 12.8. The van der Waals surface area contributed by atoms with Gasteiger partial charge in [0.05, 0.1) is 33.3 Å². The number of aromatic amines is 2. The molecule has 1 fully saturated rings. The molecule has 4 aromatic rings. The van der Waals surface area contributed by atoms with E-state index < -0.39 is 34.9 Å². The van der Waals surface area contributed by atoms with E-state index in [1.165, 1.54) is 24.3 Å². The number of aromatic nitrogens is 6. The number of rotatable bonds is 5. The Morgan fingerprint density at radius 2 is 1.88 bits per heavy atom. The summed E-state index contributed by atoms with van der Waals surface area (Å²) in [4.78, 5) is 9.40. The Balaban J connectivity index is 1.94. The van der Waals surface area contributed by atoms with Gasteiger partial charge in [-0.25, -0.2) is 31.8 Å². The molecule has 0 saturated carbocycles. The van der Waals surface area contributed by atoms with Crippen LogP contribution in [0.25, 0.3) is 38.4 Å². The second kappa shape index (κ2) is 7.56. The summed E-state index contributed by atoms with van der Waals surface area (Å²) in [6, 6.07) is 5.60. The fourth-order valence-corrected chi connectivity index (χ4v) is 7.02. The van der Waals surface area contributed by atoms with Gasteiger partial charge in [-0.05, 0) is 34.5 Å². The summed E-state index contributed by atoms with van der Waals surface area (Å²) >= 11 is 0. The highest BCUT2D eigenvalue weighted by Crippen LogP contribution is 2.42. The van der Waals surface area contributed by atoms with Crippen molar-refractivity contribution in [1.82, 2.24) is 35.9 Å². The summed E-state index contributed by atoms with van der Waals surface area (Å²) in [7, 11) is -8.70. The normalized spacial score (nSPS) is 14.7. The number of nitrogens with one attached hydrogen (secondary N) is 3. The number of H-pyrrole nitrogens is 2. The van der Waals surface area contributed by atoms with Crippen molar-refractivity contribution in [3.63, 3.8) is 0 Å². The van der Waals surface area contributed by atoms with Crippen LogP contribution < -0.4 is 16.2 Å². The number of hydrogen-bond acceptors (Lipinski definition) is 10. The van der Waals surface area contributed by atoms with Gasteiger partial charge in [-0.3, -0.25) is 0 Å². The molecule has 16 heteroatoms. The molecule has 3 heterocycles. The number of imidazole rings is 1. The summed E-state index contributed by atoms with van der Waals surface area (Å²) in [5, 5.41) is 21.1. The van der Waals surface area contributed by atoms with Crippen molar-refractivity contribution in [1.29, 1.82) is 0 Å². The van der Waals surface area contributed by atoms with E-state index in [0.29, 0.717) is 16.6 Å². The second-order valence-electron chi connectivity index (χ2n) is 7.54. The van der Waals surface area contributed by atoms with Crippen molar-refractivity contribution < 1.29 is 16.8 Å². The van der Waals surface area contributed by atoms with E-state index in [-0.39, 0.29) is 41.7 Å². The van der Waals surface area contributed by atoms with Gasteiger partial charge >= 0.3 is 0 Å². The molecular formula is C18H16N10O4S2. The number of sulfonamides is 1. The van der Waals surface area contributed by atoms with Gasteiger partial charge in [0.2, 0.25) is 15.8 Å². The predicted octanol–water partition coefficient (Wildman–Crippen LogP) is -0.0641. The first-order valence-electron chi connectivity index (χ1n) is 9.66. The van der Waals surface area contributed by atoms with E-state index >= 15 is 0 Å². The molecular weight excluding hydrogens is 484 g/mol. The van der Waals surface area contributed by atoms with Crippen LogP contribution in [0, 0.1) is 6.57 Å². The van der Waals surface area contributed by atoms with Crippen LogP contribution in [0.1, 0.15) is 0 Å². The molecule has 0 unspecified atom stereocenters. The smallest absolute Gasteiger partial charge is 0.240 e. The predicted molar refractivity (Wildman–Crippen MR) is 121 cm³/mol. The molecule has 14 nitrogen and oxygen atoms in total. The topological polar surface area (TPSA) is 220 Å². The fraction of sp³-hybridized carbons (Fsp3) is 0.167. The van der Waals surface area contributed by atoms with Crippen LogP contribution in [0.15, 0.2) is 34.1 Å². The van der Waals surface area contributed by atoms with Gasteiger partial charge in [0.25, 0.3) is 0 Å². The minimum Gasteiger partial charge on any atom is -0.369 e. The largest absolute Gasteiger partial charge is 0.369 e. The number of anilines is 1. The maximum atomic E-state index is 13.3. The van der Waals surface area contributed by atoms with Crippen molar-refractivity contribution in [2.75, 3.05) is 18.8 Å². The highest BCUT2D eigenvalue weighted by atomic mass is 32.2. The number of nitrogen functional groups attached to an aromatic ring is 1. The summed E-state index contributed by atoms with van der Waals surface area (Å²) in [6.07, 6.45) is 0. The first kappa shape index (κ1) is 21.9.